The van der Waals surface area contributed by atoms with Gasteiger partial charge < -0.3 is 19.7 Å². The van der Waals surface area contributed by atoms with Crippen LogP contribution in [0.2, 0.25) is 0 Å². The Morgan fingerprint density at radius 1 is 0.860 bits per heavy atom. The average Bonchev–Trinajstić information content (AvgIpc) is 3.94. The molecule has 6 aromatic rings. The Morgan fingerprint density at radius 3 is 2.30 bits per heavy atom. The van der Waals surface area contributed by atoms with Crippen molar-refractivity contribution in [1.29, 1.82) is 0 Å². The van der Waals surface area contributed by atoms with Crippen LogP contribution in [-0.2, 0) is 11.0 Å². The Balaban J connectivity index is 1.07. The number of anilines is 3. The molecule has 0 aliphatic heterocycles. The molecule has 5 aromatic carbocycles. The quantitative estimate of drug-likeness (QED) is 0.0575. The topological polar surface area (TPSA) is 89.2 Å². The number of nitrogens with one attached hydrogen (secondary N) is 2. The normalized spacial score (nSPS) is 12.8. The molecule has 0 amide bonds. The lowest BCUT2D eigenvalue weighted by Crippen LogP contribution is -2.06. The van der Waals surface area contributed by atoms with E-state index in [0.29, 0.717) is 27.9 Å². The van der Waals surface area contributed by atoms with Crippen molar-refractivity contribution >= 4 is 46.3 Å². The van der Waals surface area contributed by atoms with Gasteiger partial charge in [-0.3, -0.25) is 4.79 Å². The molecule has 0 radical (unpaired) electrons. The van der Waals surface area contributed by atoms with Crippen LogP contribution in [0.3, 0.4) is 0 Å². The first-order valence-corrected chi connectivity index (χ1v) is 18.1. The smallest absolute Gasteiger partial charge is 0.152 e. The fraction of sp³-hybridized carbons (Fsp3) is 0.0976. The molecule has 50 heavy (non-hydrogen) atoms. The number of rotatable bonds is 10. The van der Waals surface area contributed by atoms with E-state index in [-0.39, 0.29) is 5.82 Å². The largest absolute Gasteiger partial charge is 0.397 e. The summed E-state index contributed by atoms with van der Waals surface area (Å²) in [6.45, 7) is 1.98. The zero-order valence-corrected chi connectivity index (χ0v) is 28.8. The number of carbonyl (C=O) groups excluding carboxylic acids is 1. The molecular formula is C41H33FN4O2S2. The monoisotopic (exact) mass is 696 g/mol. The highest BCUT2D eigenvalue weighted by molar-refractivity contribution is 8.00. The van der Waals surface area contributed by atoms with Gasteiger partial charge in [-0.15, -0.1) is 0 Å². The van der Waals surface area contributed by atoms with Crippen molar-refractivity contribution in [3.63, 3.8) is 0 Å². The van der Waals surface area contributed by atoms with Gasteiger partial charge in [0.05, 0.1) is 22.0 Å². The summed E-state index contributed by atoms with van der Waals surface area (Å²) >= 11 is 1.46. The molecule has 1 aliphatic carbocycles. The molecule has 1 fully saturated rings. The molecule has 7 rings (SSSR count). The summed E-state index contributed by atoms with van der Waals surface area (Å²) in [5, 5.41) is 0. The van der Waals surface area contributed by atoms with Crippen molar-refractivity contribution in [3.8, 4) is 34.2 Å². The van der Waals surface area contributed by atoms with Crippen LogP contribution in [0, 0.1) is 24.6 Å². The number of hydrogen-bond donors (Lipinski definition) is 3. The van der Waals surface area contributed by atoms with Gasteiger partial charge in [-0.2, -0.15) is 0 Å². The molecule has 1 aliphatic rings. The van der Waals surface area contributed by atoms with Crippen molar-refractivity contribution < 1.29 is 13.4 Å². The van der Waals surface area contributed by atoms with E-state index in [1.54, 1.807) is 24.3 Å². The maximum atomic E-state index is 13.9. The lowest BCUT2D eigenvalue weighted by atomic mass is 9.96. The Morgan fingerprint density at radius 2 is 1.60 bits per heavy atom. The zero-order chi connectivity index (χ0) is 34.6. The molecule has 1 saturated carbocycles. The third-order valence-electron chi connectivity index (χ3n) is 8.50. The minimum atomic E-state index is -1.52. The van der Waals surface area contributed by atoms with E-state index >= 15 is 0 Å². The molecule has 4 N–H and O–H groups in total. The van der Waals surface area contributed by atoms with Crippen LogP contribution >= 0.6 is 11.9 Å². The summed E-state index contributed by atoms with van der Waals surface area (Å²) < 4.78 is 35.5. The van der Waals surface area contributed by atoms with E-state index in [2.05, 4.69) is 25.9 Å². The van der Waals surface area contributed by atoms with Crippen molar-refractivity contribution in [1.82, 2.24) is 4.57 Å². The number of nitrogens with two attached hydrogens (primary N) is 1. The van der Waals surface area contributed by atoms with Crippen LogP contribution in [0.1, 0.15) is 46.1 Å². The molecule has 1 atom stereocenters. The van der Waals surface area contributed by atoms with Gasteiger partial charge in [-0.25, -0.2) is 8.60 Å². The number of halogens is 1. The molecule has 248 valence electrons. The second kappa shape index (κ2) is 14.5. The van der Waals surface area contributed by atoms with Gasteiger partial charge in [0.1, 0.15) is 16.8 Å². The summed E-state index contributed by atoms with van der Waals surface area (Å²) in [6.07, 6.45) is 3.02. The lowest BCUT2D eigenvalue weighted by Gasteiger charge is -2.13. The molecular weight excluding hydrogens is 664 g/mol. The van der Waals surface area contributed by atoms with E-state index < -0.39 is 11.0 Å². The van der Waals surface area contributed by atoms with Gasteiger partial charge in [0.2, 0.25) is 0 Å². The van der Waals surface area contributed by atoms with Crippen molar-refractivity contribution in [2.75, 3.05) is 15.2 Å². The van der Waals surface area contributed by atoms with Crippen LogP contribution < -0.4 is 15.2 Å². The van der Waals surface area contributed by atoms with E-state index in [1.807, 2.05) is 91.9 Å². The first-order chi connectivity index (χ1) is 24.4. The minimum absolute atomic E-state index is 0.302. The summed E-state index contributed by atoms with van der Waals surface area (Å²) in [4.78, 5) is 14.1. The Kier molecular flexibility index (Phi) is 9.56. The number of carbonyl (C=O) groups is 1. The summed E-state index contributed by atoms with van der Waals surface area (Å²) in [7, 11) is -1.52. The molecule has 1 heterocycles. The van der Waals surface area contributed by atoms with Gasteiger partial charge in [0.25, 0.3) is 0 Å². The van der Waals surface area contributed by atoms with E-state index in [9.17, 15) is 13.4 Å². The van der Waals surface area contributed by atoms with Crippen molar-refractivity contribution in [2.45, 2.75) is 35.6 Å². The Hall–Kier alpha value is -5.56. The zero-order valence-electron chi connectivity index (χ0n) is 27.2. The second-order valence-corrected chi connectivity index (χ2v) is 14.1. The van der Waals surface area contributed by atoms with Crippen LogP contribution in [0.25, 0.3) is 22.4 Å². The van der Waals surface area contributed by atoms with Gasteiger partial charge in [0.15, 0.2) is 6.29 Å². The van der Waals surface area contributed by atoms with Gasteiger partial charge >= 0.3 is 0 Å². The third kappa shape index (κ3) is 7.22. The van der Waals surface area contributed by atoms with Crippen LogP contribution in [0.15, 0.2) is 131 Å². The molecule has 9 heteroatoms. The number of aldehydes is 1. The minimum Gasteiger partial charge on any atom is -0.397 e. The van der Waals surface area contributed by atoms with E-state index in [0.717, 1.165) is 68.9 Å². The highest BCUT2D eigenvalue weighted by atomic mass is 32.2. The maximum absolute atomic E-state index is 13.9. The van der Waals surface area contributed by atoms with Gasteiger partial charge in [0, 0.05) is 44.6 Å². The van der Waals surface area contributed by atoms with Crippen molar-refractivity contribution in [3.05, 3.63) is 150 Å². The molecule has 6 nitrogen and oxygen atoms in total. The first kappa shape index (κ1) is 33.0. The Bertz CT molecular complexity index is 2270. The lowest BCUT2D eigenvalue weighted by molar-refractivity contribution is 0.112. The summed E-state index contributed by atoms with van der Waals surface area (Å²) in [6, 6.07) is 37.3. The molecule has 1 unspecified atom stereocenters. The van der Waals surface area contributed by atoms with Gasteiger partial charge in [-0.1, -0.05) is 42.2 Å². The van der Waals surface area contributed by atoms with Crippen LogP contribution in [0.4, 0.5) is 21.5 Å². The van der Waals surface area contributed by atoms with Crippen molar-refractivity contribution in [2.24, 2.45) is 0 Å². The van der Waals surface area contributed by atoms with Gasteiger partial charge in [-0.05, 0) is 134 Å². The molecule has 0 saturated heterocycles. The fourth-order valence-electron chi connectivity index (χ4n) is 5.88. The highest BCUT2D eigenvalue weighted by Gasteiger charge is 2.32. The fourth-order valence-corrected chi connectivity index (χ4v) is 7.48. The highest BCUT2D eigenvalue weighted by Crippen LogP contribution is 2.46. The standard InChI is InChI=1S/C41H33FN4O2S2/c1-27-37(26-47)40(41(46(27)34-20-21-34)30-14-16-32(42)17-15-30)31-7-5-6-29(24-31)11-10-28-12-18-33(19-13-28)45-50(48)36-22-23-39(38(43)25-36)44-49-35-8-3-2-4-9-35/h2-9,12-19,22-26,34,44-45H,20-21,43H2,1H3. The molecule has 0 bridgehead atoms. The predicted octanol–water partition coefficient (Wildman–Crippen LogP) is 9.65. The molecule has 0 spiro atoms. The number of hydrogen-bond acceptors (Lipinski definition) is 5. The Labute approximate surface area is 297 Å². The number of nitrogens with zero attached hydrogens (tertiary/aromatic N) is 1. The van der Waals surface area contributed by atoms with Crippen LogP contribution in [-0.4, -0.2) is 15.1 Å². The van der Waals surface area contributed by atoms with E-state index in [1.165, 1.54) is 24.1 Å². The molecule has 1 aromatic heterocycles. The summed E-state index contributed by atoms with van der Waals surface area (Å²) in [5.41, 5.74) is 14.8. The van der Waals surface area contributed by atoms with E-state index in [4.69, 9.17) is 5.73 Å². The maximum Gasteiger partial charge on any atom is 0.152 e. The van der Waals surface area contributed by atoms with Crippen LogP contribution in [0.5, 0.6) is 0 Å². The summed E-state index contributed by atoms with van der Waals surface area (Å²) in [5.74, 6) is 6.17. The number of aromatic nitrogens is 1. The number of nitrogen functional groups attached to an aromatic ring is 1. The second-order valence-electron chi connectivity index (χ2n) is 12.0. The first-order valence-electron chi connectivity index (χ1n) is 16.1. The average molecular weight is 697 g/mol. The number of benzene rings is 5. The SMILES string of the molecule is Cc1c(C=O)c(-c2cccc(C#Cc3ccc(NS(=O)c4ccc(NSc5ccccc5)c(N)c4)cc3)c2)c(-c2ccc(F)cc2)n1C1CC1. The third-order valence-corrected chi connectivity index (χ3v) is 10.4. The predicted molar refractivity (Wildman–Crippen MR) is 203 cm³/mol.